The van der Waals surface area contributed by atoms with Crippen LogP contribution in [0.5, 0.6) is 0 Å². The lowest BCUT2D eigenvalue weighted by atomic mass is 10.2. The Morgan fingerprint density at radius 3 is 2.34 bits per heavy atom. The van der Waals surface area contributed by atoms with Crippen LogP contribution in [0.1, 0.15) is 20.7 Å². The highest BCUT2D eigenvalue weighted by Gasteiger charge is 2.16. The maximum Gasteiger partial charge on any atom is 0.335 e. The minimum absolute atomic E-state index is 0.135. The van der Waals surface area contributed by atoms with Crippen molar-refractivity contribution in [2.75, 3.05) is 5.32 Å². The summed E-state index contributed by atoms with van der Waals surface area (Å²) in [6, 6.07) is 18.6. The number of carboxylic acid groups (broad SMARTS) is 1. The number of rotatable bonds is 5. The molecule has 0 atom stereocenters. The fourth-order valence-corrected chi connectivity index (χ4v) is 3.20. The van der Waals surface area contributed by atoms with E-state index in [4.69, 9.17) is 17.3 Å². The van der Waals surface area contributed by atoms with E-state index in [0.29, 0.717) is 33.3 Å². The number of aromatic nitrogens is 2. The highest BCUT2D eigenvalue weighted by Crippen LogP contribution is 2.30. The number of amides is 1. The lowest BCUT2D eigenvalue weighted by molar-refractivity contribution is 0.0696. The normalized spacial score (nSPS) is 10.8. The quantitative estimate of drug-likeness (QED) is 0.459. The van der Waals surface area contributed by atoms with E-state index in [1.807, 2.05) is 22.8 Å². The number of carboxylic acids is 1. The van der Waals surface area contributed by atoms with Crippen LogP contribution in [-0.4, -0.2) is 26.5 Å². The molecule has 4 rings (SSSR count). The summed E-state index contributed by atoms with van der Waals surface area (Å²) in [5.74, 6) is -1.11. The third-order valence-corrected chi connectivity index (χ3v) is 4.76. The minimum atomic E-state index is -1.03. The number of benzene rings is 3. The number of anilines is 2. The van der Waals surface area contributed by atoms with Gasteiger partial charge in [-0.1, -0.05) is 23.7 Å². The van der Waals surface area contributed by atoms with E-state index < -0.39 is 11.9 Å². The molecule has 4 N–H and O–H groups in total. The average molecular weight is 407 g/mol. The third-order valence-electron chi connectivity index (χ3n) is 4.43. The first-order valence-corrected chi connectivity index (χ1v) is 8.99. The summed E-state index contributed by atoms with van der Waals surface area (Å²) in [5.41, 5.74) is 8.40. The van der Waals surface area contributed by atoms with E-state index in [0.717, 1.165) is 5.69 Å². The van der Waals surface area contributed by atoms with Crippen molar-refractivity contribution in [2.45, 2.75) is 0 Å². The van der Waals surface area contributed by atoms with Gasteiger partial charge in [0.2, 0.25) is 11.9 Å². The van der Waals surface area contributed by atoms with E-state index in [2.05, 4.69) is 10.3 Å². The largest absolute Gasteiger partial charge is 0.478 e. The van der Waals surface area contributed by atoms with E-state index in [9.17, 15) is 14.7 Å². The molecular weight excluding hydrogens is 392 g/mol. The third kappa shape index (κ3) is 3.51. The fourth-order valence-electron chi connectivity index (χ4n) is 3.02. The van der Waals surface area contributed by atoms with Crippen LogP contribution in [0.25, 0.3) is 16.7 Å². The summed E-state index contributed by atoms with van der Waals surface area (Å²) in [4.78, 5) is 27.3. The molecule has 1 aromatic heterocycles. The topological polar surface area (TPSA) is 110 Å². The van der Waals surface area contributed by atoms with Crippen molar-refractivity contribution in [3.05, 3.63) is 82.9 Å². The summed E-state index contributed by atoms with van der Waals surface area (Å²) < 4.78 is 1.81. The zero-order chi connectivity index (χ0) is 20.5. The molecule has 0 aliphatic carbocycles. The van der Waals surface area contributed by atoms with Crippen molar-refractivity contribution < 1.29 is 14.7 Å². The molecule has 0 fully saturated rings. The van der Waals surface area contributed by atoms with Crippen molar-refractivity contribution in [2.24, 2.45) is 5.73 Å². The van der Waals surface area contributed by atoms with Gasteiger partial charge in [0, 0.05) is 11.3 Å². The Morgan fingerprint density at radius 2 is 1.69 bits per heavy atom. The van der Waals surface area contributed by atoms with E-state index in [-0.39, 0.29) is 5.56 Å². The first kappa shape index (κ1) is 18.5. The Bertz CT molecular complexity index is 1250. The highest BCUT2D eigenvalue weighted by atomic mass is 35.5. The van der Waals surface area contributed by atoms with Crippen LogP contribution in [0.2, 0.25) is 5.02 Å². The number of aromatic carboxylic acids is 1. The summed E-state index contributed by atoms with van der Waals surface area (Å²) in [6.45, 7) is 0. The molecule has 4 aromatic rings. The molecule has 0 aliphatic heterocycles. The fraction of sp³-hybridized carbons (Fsp3) is 0. The van der Waals surface area contributed by atoms with Crippen LogP contribution >= 0.6 is 11.6 Å². The van der Waals surface area contributed by atoms with Crippen molar-refractivity contribution in [3.8, 4) is 5.69 Å². The number of nitrogens with one attached hydrogen (secondary N) is 1. The number of halogens is 1. The maximum atomic E-state index is 11.4. The zero-order valence-corrected chi connectivity index (χ0v) is 15.7. The van der Waals surface area contributed by atoms with Gasteiger partial charge in [0.1, 0.15) is 0 Å². The molecule has 8 heteroatoms. The molecule has 3 aromatic carbocycles. The van der Waals surface area contributed by atoms with Crippen molar-refractivity contribution in [1.82, 2.24) is 9.55 Å². The predicted molar refractivity (Wildman–Crippen MR) is 111 cm³/mol. The molecule has 1 heterocycles. The second-order valence-electron chi connectivity index (χ2n) is 6.30. The van der Waals surface area contributed by atoms with Gasteiger partial charge in [-0.25, -0.2) is 9.78 Å². The Kier molecular flexibility index (Phi) is 4.66. The number of nitrogens with two attached hydrogens (primary N) is 1. The molecule has 0 aliphatic rings. The molecule has 29 heavy (non-hydrogen) atoms. The van der Waals surface area contributed by atoms with Gasteiger partial charge in [-0.2, -0.15) is 0 Å². The van der Waals surface area contributed by atoms with Crippen LogP contribution < -0.4 is 11.1 Å². The van der Waals surface area contributed by atoms with Gasteiger partial charge < -0.3 is 16.2 Å². The monoisotopic (exact) mass is 406 g/mol. The van der Waals surface area contributed by atoms with Gasteiger partial charge in [0.05, 0.1) is 27.3 Å². The van der Waals surface area contributed by atoms with E-state index in [1.54, 1.807) is 36.4 Å². The molecule has 0 radical (unpaired) electrons. The Labute approximate surface area is 170 Å². The zero-order valence-electron chi connectivity index (χ0n) is 15.0. The van der Waals surface area contributed by atoms with E-state index >= 15 is 0 Å². The van der Waals surface area contributed by atoms with Gasteiger partial charge in [0.25, 0.3) is 0 Å². The van der Waals surface area contributed by atoms with Gasteiger partial charge in [-0.15, -0.1) is 0 Å². The number of hydrogen-bond acceptors (Lipinski definition) is 4. The van der Waals surface area contributed by atoms with Gasteiger partial charge in [0.15, 0.2) is 0 Å². The number of carbonyl (C=O) groups excluding carboxylic acids is 1. The first-order valence-electron chi connectivity index (χ1n) is 8.61. The molecule has 7 nitrogen and oxygen atoms in total. The lowest BCUT2D eigenvalue weighted by Gasteiger charge is -2.12. The Morgan fingerprint density at radius 1 is 1.00 bits per heavy atom. The van der Waals surface area contributed by atoms with Crippen LogP contribution in [0.15, 0.2) is 66.7 Å². The molecule has 0 unspecified atom stereocenters. The average Bonchev–Trinajstić information content (AvgIpc) is 3.06. The number of fused-ring (bicyclic) bond motifs is 1. The van der Waals surface area contributed by atoms with Crippen molar-refractivity contribution in [3.63, 3.8) is 0 Å². The molecule has 0 bridgehead atoms. The standard InChI is InChI=1S/C21H15ClN4O3/c22-15-3-1-2-4-16(15)24-21-25-17-11-13(20(28)29)7-10-18(17)26(21)14-8-5-12(6-9-14)19(23)27/h1-11H,(H2,23,27)(H,24,25)(H,28,29). The summed E-state index contributed by atoms with van der Waals surface area (Å²) >= 11 is 6.26. The second kappa shape index (κ2) is 7.29. The predicted octanol–water partition coefficient (Wildman–Crippen LogP) is 4.22. The van der Waals surface area contributed by atoms with Crippen LogP contribution in [-0.2, 0) is 0 Å². The number of primary amides is 1. The summed E-state index contributed by atoms with van der Waals surface area (Å²) in [6.07, 6.45) is 0. The maximum absolute atomic E-state index is 11.4. The van der Waals surface area contributed by atoms with Gasteiger partial charge in [-0.05, 0) is 54.6 Å². The van der Waals surface area contributed by atoms with Gasteiger partial charge >= 0.3 is 5.97 Å². The Hall–Kier alpha value is -3.84. The highest BCUT2D eigenvalue weighted by molar-refractivity contribution is 6.33. The summed E-state index contributed by atoms with van der Waals surface area (Å²) in [7, 11) is 0. The van der Waals surface area contributed by atoms with Gasteiger partial charge in [-0.3, -0.25) is 9.36 Å². The molecule has 0 spiro atoms. The lowest BCUT2D eigenvalue weighted by Crippen LogP contribution is -2.11. The molecule has 144 valence electrons. The second-order valence-corrected chi connectivity index (χ2v) is 6.70. The van der Waals surface area contributed by atoms with Crippen LogP contribution in [0.3, 0.4) is 0 Å². The number of imidazole rings is 1. The van der Waals surface area contributed by atoms with Crippen LogP contribution in [0.4, 0.5) is 11.6 Å². The Balaban J connectivity index is 1.90. The van der Waals surface area contributed by atoms with Crippen LogP contribution in [0, 0.1) is 0 Å². The van der Waals surface area contributed by atoms with E-state index in [1.165, 1.54) is 12.1 Å². The number of hydrogen-bond donors (Lipinski definition) is 3. The number of nitrogens with zero attached hydrogens (tertiary/aromatic N) is 2. The molecular formula is C21H15ClN4O3. The molecule has 0 saturated carbocycles. The van der Waals surface area contributed by atoms with Crippen molar-refractivity contribution >= 4 is 46.1 Å². The summed E-state index contributed by atoms with van der Waals surface area (Å²) in [5, 5.41) is 13.0. The van der Waals surface area contributed by atoms with Crippen molar-refractivity contribution in [1.29, 1.82) is 0 Å². The molecule has 1 amide bonds. The number of para-hydroxylation sites is 1. The molecule has 0 saturated heterocycles. The minimum Gasteiger partial charge on any atom is -0.478 e. The smallest absolute Gasteiger partial charge is 0.335 e. The number of carbonyl (C=O) groups is 2. The first-order chi connectivity index (χ1) is 13.9. The SMILES string of the molecule is NC(=O)c1ccc(-n2c(Nc3ccccc3Cl)nc3cc(C(=O)O)ccc32)cc1.